The van der Waals surface area contributed by atoms with Crippen LogP contribution in [-0.4, -0.2) is 34.0 Å². The van der Waals surface area contributed by atoms with Crippen LogP contribution in [0.1, 0.15) is 24.3 Å². The molecule has 1 aliphatic heterocycles. The third kappa shape index (κ3) is 2.97. The lowest BCUT2D eigenvalue weighted by molar-refractivity contribution is -0.146. The molecule has 1 aliphatic carbocycles. The largest absolute Gasteiger partial charge is 0.479 e. The van der Waals surface area contributed by atoms with Crippen LogP contribution >= 0.6 is 27.7 Å². The normalized spacial score (nSPS) is 30.9. The number of aliphatic carboxylic acids is 1. The number of carbonyl (C=O) groups excluding carboxylic acids is 1. The quantitative estimate of drug-likeness (QED) is 0.855. The number of carboxylic acid groups (broad SMARTS) is 1. The molecule has 1 aromatic carbocycles. The molecule has 2 aliphatic rings. The highest BCUT2D eigenvalue weighted by atomic mass is 79.9. The first-order chi connectivity index (χ1) is 10.0. The molecule has 1 heterocycles. The van der Waals surface area contributed by atoms with Crippen LogP contribution < -0.4 is 5.32 Å². The van der Waals surface area contributed by atoms with Crippen molar-refractivity contribution in [2.45, 2.75) is 24.3 Å². The lowest BCUT2D eigenvalue weighted by atomic mass is 9.98. The van der Waals surface area contributed by atoms with E-state index in [2.05, 4.69) is 21.2 Å². The summed E-state index contributed by atoms with van der Waals surface area (Å²) in [4.78, 5) is 23.8. The van der Waals surface area contributed by atoms with Crippen molar-refractivity contribution in [2.24, 2.45) is 5.92 Å². The third-order valence-corrected chi connectivity index (χ3v) is 5.94. The van der Waals surface area contributed by atoms with Crippen molar-refractivity contribution in [3.8, 4) is 0 Å². The third-order valence-electron chi connectivity index (χ3n) is 4.22. The summed E-state index contributed by atoms with van der Waals surface area (Å²) in [6.45, 7) is 0. The predicted octanol–water partition coefficient (Wildman–Crippen LogP) is 2.63. The Bertz CT molecular complexity index is 569. The number of amides is 1. The van der Waals surface area contributed by atoms with Gasteiger partial charge in [0.05, 0.1) is 0 Å². The fourth-order valence-electron chi connectivity index (χ4n) is 2.78. The first-order valence-corrected chi connectivity index (χ1v) is 8.85. The van der Waals surface area contributed by atoms with Gasteiger partial charge in [0.2, 0.25) is 5.91 Å². The van der Waals surface area contributed by atoms with E-state index in [0.717, 1.165) is 22.2 Å². The summed E-state index contributed by atoms with van der Waals surface area (Å²) in [7, 11) is 0. The molecule has 2 N–H and O–H groups in total. The number of halogens is 1. The fraction of sp³-hybridized carbons (Fsp3) is 0.467. The summed E-state index contributed by atoms with van der Waals surface area (Å²) in [5.41, 5.74) is 0.0812. The van der Waals surface area contributed by atoms with Gasteiger partial charge in [0.15, 0.2) is 0 Å². The van der Waals surface area contributed by atoms with Gasteiger partial charge in [0.1, 0.15) is 5.54 Å². The monoisotopic (exact) mass is 369 g/mol. The van der Waals surface area contributed by atoms with Gasteiger partial charge in [-0.25, -0.2) is 4.79 Å². The molecule has 6 heteroatoms. The molecule has 1 saturated carbocycles. The van der Waals surface area contributed by atoms with Crippen LogP contribution in [0.2, 0.25) is 0 Å². The molecule has 1 aromatic rings. The molecule has 1 saturated heterocycles. The number of hydrogen-bond donors (Lipinski definition) is 2. The second-order valence-electron chi connectivity index (χ2n) is 5.68. The molecular weight excluding hydrogens is 354 g/mol. The van der Waals surface area contributed by atoms with E-state index in [-0.39, 0.29) is 17.7 Å². The Balaban J connectivity index is 1.65. The SMILES string of the molecule is O=C(NC1(C(=O)O)CCSC1)C1CC1c1ccc(Br)cc1. The van der Waals surface area contributed by atoms with E-state index < -0.39 is 11.5 Å². The summed E-state index contributed by atoms with van der Waals surface area (Å²) in [5.74, 6) is 0.345. The smallest absolute Gasteiger partial charge is 0.330 e. The Morgan fingerprint density at radius 1 is 1.33 bits per heavy atom. The van der Waals surface area contributed by atoms with E-state index in [1.807, 2.05) is 24.3 Å². The minimum Gasteiger partial charge on any atom is -0.479 e. The van der Waals surface area contributed by atoms with E-state index in [1.54, 1.807) is 11.8 Å². The van der Waals surface area contributed by atoms with Crippen LogP contribution in [0.4, 0.5) is 0 Å². The molecule has 3 unspecified atom stereocenters. The maximum Gasteiger partial charge on any atom is 0.330 e. The zero-order valence-corrected chi connectivity index (χ0v) is 13.7. The fourth-order valence-corrected chi connectivity index (χ4v) is 4.37. The van der Waals surface area contributed by atoms with Gasteiger partial charge in [-0.1, -0.05) is 28.1 Å². The average Bonchev–Trinajstić information content (AvgIpc) is 3.12. The number of carbonyl (C=O) groups is 2. The number of nitrogens with one attached hydrogen (secondary N) is 1. The Hall–Kier alpha value is -1.01. The molecule has 2 fully saturated rings. The predicted molar refractivity (Wildman–Crippen MR) is 85.4 cm³/mol. The lowest BCUT2D eigenvalue weighted by Crippen LogP contribution is -2.55. The Labute approximate surface area is 135 Å². The molecule has 21 heavy (non-hydrogen) atoms. The Kier molecular flexibility index (Phi) is 4.01. The van der Waals surface area contributed by atoms with Crippen molar-refractivity contribution in [3.05, 3.63) is 34.3 Å². The summed E-state index contributed by atoms with van der Waals surface area (Å²) >= 11 is 4.97. The maximum absolute atomic E-state index is 12.3. The molecular formula is C15H16BrNO3S. The zero-order chi connectivity index (χ0) is 15.0. The van der Waals surface area contributed by atoms with Gasteiger partial charge < -0.3 is 10.4 Å². The van der Waals surface area contributed by atoms with Gasteiger partial charge in [-0.15, -0.1) is 0 Å². The zero-order valence-electron chi connectivity index (χ0n) is 11.3. The van der Waals surface area contributed by atoms with E-state index in [1.165, 1.54) is 0 Å². The van der Waals surface area contributed by atoms with Gasteiger partial charge in [-0.3, -0.25) is 4.79 Å². The maximum atomic E-state index is 12.3. The summed E-state index contributed by atoms with van der Waals surface area (Å²) in [5, 5.41) is 12.2. The molecule has 0 aromatic heterocycles. The van der Waals surface area contributed by atoms with Crippen molar-refractivity contribution in [1.29, 1.82) is 0 Å². The van der Waals surface area contributed by atoms with Crippen molar-refractivity contribution in [1.82, 2.24) is 5.32 Å². The topological polar surface area (TPSA) is 66.4 Å². The molecule has 3 rings (SSSR count). The number of thioether (sulfide) groups is 1. The number of carboxylic acids is 1. The molecule has 4 nitrogen and oxygen atoms in total. The highest BCUT2D eigenvalue weighted by Gasteiger charge is 2.49. The Morgan fingerprint density at radius 2 is 2.05 bits per heavy atom. The van der Waals surface area contributed by atoms with Crippen LogP contribution in [0.15, 0.2) is 28.7 Å². The molecule has 3 atom stereocenters. The summed E-state index contributed by atoms with van der Waals surface area (Å²) < 4.78 is 1.01. The van der Waals surface area contributed by atoms with Gasteiger partial charge >= 0.3 is 5.97 Å². The highest BCUT2D eigenvalue weighted by Crippen LogP contribution is 2.48. The van der Waals surface area contributed by atoms with Crippen molar-refractivity contribution in [2.75, 3.05) is 11.5 Å². The van der Waals surface area contributed by atoms with Crippen LogP contribution in [0, 0.1) is 5.92 Å². The van der Waals surface area contributed by atoms with Crippen molar-refractivity contribution in [3.63, 3.8) is 0 Å². The number of benzene rings is 1. The van der Waals surface area contributed by atoms with Crippen LogP contribution in [0.3, 0.4) is 0 Å². The second-order valence-corrected chi connectivity index (χ2v) is 7.70. The van der Waals surface area contributed by atoms with Gasteiger partial charge in [0.25, 0.3) is 0 Å². The van der Waals surface area contributed by atoms with Crippen LogP contribution in [-0.2, 0) is 9.59 Å². The van der Waals surface area contributed by atoms with Gasteiger partial charge in [-0.2, -0.15) is 11.8 Å². The second kappa shape index (κ2) is 5.65. The summed E-state index contributed by atoms with van der Waals surface area (Å²) in [6.07, 6.45) is 1.31. The van der Waals surface area contributed by atoms with E-state index in [4.69, 9.17) is 0 Å². The lowest BCUT2D eigenvalue weighted by Gasteiger charge is -2.24. The summed E-state index contributed by atoms with van der Waals surface area (Å²) in [6, 6.07) is 7.96. The van der Waals surface area contributed by atoms with E-state index in [9.17, 15) is 14.7 Å². The van der Waals surface area contributed by atoms with E-state index in [0.29, 0.717) is 12.2 Å². The number of hydrogen-bond acceptors (Lipinski definition) is 3. The molecule has 1 amide bonds. The standard InChI is InChI=1S/C15H16BrNO3S/c16-10-3-1-9(2-4-10)11-7-12(11)13(18)17-15(14(19)20)5-6-21-8-15/h1-4,11-12H,5-8H2,(H,17,18)(H,19,20). The molecule has 0 bridgehead atoms. The first kappa shape index (κ1) is 14.9. The van der Waals surface area contributed by atoms with Gasteiger partial charge in [0, 0.05) is 16.1 Å². The van der Waals surface area contributed by atoms with Crippen molar-refractivity contribution >= 4 is 39.6 Å². The van der Waals surface area contributed by atoms with Gasteiger partial charge in [-0.05, 0) is 42.2 Å². The minimum atomic E-state index is -1.06. The van der Waals surface area contributed by atoms with Crippen LogP contribution in [0.5, 0.6) is 0 Å². The average molecular weight is 370 g/mol. The minimum absolute atomic E-state index is 0.0898. The van der Waals surface area contributed by atoms with Crippen LogP contribution in [0.25, 0.3) is 0 Å². The van der Waals surface area contributed by atoms with E-state index >= 15 is 0 Å². The Morgan fingerprint density at radius 3 is 2.62 bits per heavy atom. The molecule has 112 valence electrons. The van der Waals surface area contributed by atoms with Crippen molar-refractivity contribution < 1.29 is 14.7 Å². The number of rotatable bonds is 4. The first-order valence-electron chi connectivity index (χ1n) is 6.90. The molecule has 0 spiro atoms. The molecule has 0 radical (unpaired) electrons. The highest BCUT2D eigenvalue weighted by molar-refractivity contribution is 9.10.